The van der Waals surface area contributed by atoms with Gasteiger partial charge in [-0.05, 0) is 0 Å². The van der Waals surface area contributed by atoms with E-state index in [1.165, 1.54) is 7.11 Å². The summed E-state index contributed by atoms with van der Waals surface area (Å²) in [4.78, 5) is 0. The lowest BCUT2D eigenvalue weighted by Crippen LogP contribution is -2.66. The van der Waals surface area contributed by atoms with Crippen LogP contribution >= 0.6 is 0 Å². The van der Waals surface area contributed by atoms with Crippen molar-refractivity contribution in [2.45, 2.75) is 92.1 Å². The van der Waals surface area contributed by atoms with Gasteiger partial charge in [-0.25, -0.2) is 0 Å². The fraction of sp³-hybridized carbons (Fsp3) is 1.00. The first kappa shape index (κ1) is 28.9. The van der Waals surface area contributed by atoms with E-state index in [1.54, 1.807) is 0 Å². The second-order valence-electron chi connectivity index (χ2n) is 8.54. The summed E-state index contributed by atoms with van der Waals surface area (Å²) in [7, 11) is 1.24. The molecule has 206 valence electrons. The molecule has 15 atom stereocenters. The SMILES string of the molecule is CO[C@H]1C(CO)O[C@@H](O[C@H]2C(O)C(O)[C@@H](O[C@H]3C(CO)O[C@@H](O)C(O)[C@@H]3O)O[C@H]2CO)C(O)[C@@H]1O. The molecule has 3 rings (SSSR count). The molecule has 0 aliphatic carbocycles. The van der Waals surface area contributed by atoms with Crippen LogP contribution in [0.25, 0.3) is 0 Å². The number of hydrogen-bond acceptors (Lipinski definition) is 16. The molecule has 0 amide bonds. The van der Waals surface area contributed by atoms with Gasteiger partial charge in [0.15, 0.2) is 18.9 Å². The highest BCUT2D eigenvalue weighted by Crippen LogP contribution is 2.32. The van der Waals surface area contributed by atoms with Gasteiger partial charge in [0, 0.05) is 7.11 Å². The lowest BCUT2D eigenvalue weighted by Gasteiger charge is -2.48. The maximum Gasteiger partial charge on any atom is 0.187 e. The van der Waals surface area contributed by atoms with Gasteiger partial charge in [0.2, 0.25) is 0 Å². The minimum Gasteiger partial charge on any atom is -0.394 e. The molecule has 6 unspecified atom stereocenters. The molecular weight excluding hydrogens is 484 g/mol. The quantitative estimate of drug-likeness (QED) is 0.143. The summed E-state index contributed by atoms with van der Waals surface area (Å²) in [6.07, 6.45) is -23.7. The molecule has 3 heterocycles. The summed E-state index contributed by atoms with van der Waals surface area (Å²) in [5.41, 5.74) is 0. The van der Waals surface area contributed by atoms with Gasteiger partial charge in [-0.3, -0.25) is 0 Å². The van der Waals surface area contributed by atoms with Gasteiger partial charge in [-0.1, -0.05) is 0 Å². The van der Waals surface area contributed by atoms with Crippen molar-refractivity contribution >= 4 is 0 Å². The predicted octanol–water partition coefficient (Wildman–Crippen LogP) is -6.92. The highest BCUT2D eigenvalue weighted by atomic mass is 16.8. The van der Waals surface area contributed by atoms with Gasteiger partial charge in [0.1, 0.15) is 73.2 Å². The first-order valence-electron chi connectivity index (χ1n) is 11.0. The Hall–Kier alpha value is -0.640. The zero-order valence-corrected chi connectivity index (χ0v) is 18.7. The predicted molar refractivity (Wildman–Crippen MR) is 106 cm³/mol. The summed E-state index contributed by atoms with van der Waals surface area (Å²) < 4.78 is 31.8. The van der Waals surface area contributed by atoms with Crippen LogP contribution in [0, 0.1) is 0 Å². The third-order valence-electron chi connectivity index (χ3n) is 6.34. The molecule has 0 radical (unpaired) electrons. The Bertz CT molecular complexity index is 650. The summed E-state index contributed by atoms with van der Waals surface area (Å²) in [6, 6.07) is 0. The standard InChI is InChI=1S/C19H34O16/c1-30-14-5(2-20)32-18(12(27)9(14)24)35-16-7(4-22)33-19(13(28)10(16)25)34-15-6(3-21)31-17(29)11(26)8(15)23/h5-29H,2-4H2,1H3/t5?,6?,7-,8-,9-,10?,11?,12?,13?,14-,15-,16+,17+,18-,19+/m0/s1. The second kappa shape index (κ2) is 12.3. The second-order valence-corrected chi connectivity index (χ2v) is 8.54. The summed E-state index contributed by atoms with van der Waals surface area (Å²) in [6.45, 7) is -2.15. The summed E-state index contributed by atoms with van der Waals surface area (Å²) in [5.74, 6) is 0. The fourth-order valence-electron chi connectivity index (χ4n) is 4.33. The zero-order chi connectivity index (χ0) is 26.0. The molecule has 10 N–H and O–H groups in total. The van der Waals surface area contributed by atoms with Crippen LogP contribution in [-0.2, 0) is 28.4 Å². The van der Waals surface area contributed by atoms with E-state index in [0.717, 1.165) is 0 Å². The number of aliphatic hydroxyl groups is 10. The Kier molecular flexibility index (Phi) is 10.1. The number of methoxy groups -OCH3 is 1. The van der Waals surface area contributed by atoms with Crippen LogP contribution in [0.3, 0.4) is 0 Å². The van der Waals surface area contributed by atoms with Gasteiger partial charge in [0.05, 0.1) is 19.8 Å². The maximum atomic E-state index is 10.7. The smallest absolute Gasteiger partial charge is 0.187 e. The average Bonchev–Trinajstić information content (AvgIpc) is 2.85. The molecule has 0 aromatic rings. The van der Waals surface area contributed by atoms with Gasteiger partial charge in [-0.15, -0.1) is 0 Å². The van der Waals surface area contributed by atoms with Gasteiger partial charge >= 0.3 is 0 Å². The molecule has 3 saturated heterocycles. The molecule has 3 aliphatic rings. The molecule has 3 fully saturated rings. The minimum absolute atomic E-state index is 0.605. The minimum atomic E-state index is -1.88. The fourth-order valence-corrected chi connectivity index (χ4v) is 4.33. The van der Waals surface area contributed by atoms with E-state index in [-0.39, 0.29) is 0 Å². The van der Waals surface area contributed by atoms with Crippen LogP contribution in [0.4, 0.5) is 0 Å². The lowest BCUT2D eigenvalue weighted by atomic mass is 9.96. The zero-order valence-electron chi connectivity index (χ0n) is 18.7. The normalized spacial score (nSPS) is 51.3. The van der Waals surface area contributed by atoms with Crippen molar-refractivity contribution in [1.29, 1.82) is 0 Å². The van der Waals surface area contributed by atoms with Crippen LogP contribution in [0.1, 0.15) is 0 Å². The molecule has 35 heavy (non-hydrogen) atoms. The first-order valence-corrected chi connectivity index (χ1v) is 11.0. The number of aliphatic hydroxyl groups excluding tert-OH is 10. The Morgan fingerprint density at radius 3 is 1.31 bits per heavy atom. The molecule has 0 aromatic carbocycles. The Morgan fingerprint density at radius 1 is 0.514 bits per heavy atom. The van der Waals surface area contributed by atoms with E-state index in [4.69, 9.17) is 28.4 Å². The van der Waals surface area contributed by atoms with Gasteiger partial charge in [0.25, 0.3) is 0 Å². The highest BCUT2D eigenvalue weighted by molar-refractivity contribution is 4.96. The van der Waals surface area contributed by atoms with Crippen molar-refractivity contribution in [1.82, 2.24) is 0 Å². The third-order valence-corrected chi connectivity index (χ3v) is 6.34. The number of hydrogen-bond donors (Lipinski definition) is 10. The molecule has 0 saturated carbocycles. The van der Waals surface area contributed by atoms with E-state index >= 15 is 0 Å². The van der Waals surface area contributed by atoms with Crippen LogP contribution < -0.4 is 0 Å². The largest absolute Gasteiger partial charge is 0.394 e. The van der Waals surface area contributed by atoms with E-state index in [9.17, 15) is 51.1 Å². The molecule has 3 aliphatic heterocycles. The Balaban J connectivity index is 1.72. The van der Waals surface area contributed by atoms with Crippen LogP contribution in [0.5, 0.6) is 0 Å². The van der Waals surface area contributed by atoms with Crippen molar-refractivity contribution in [3.63, 3.8) is 0 Å². The van der Waals surface area contributed by atoms with E-state index in [1.807, 2.05) is 0 Å². The van der Waals surface area contributed by atoms with Crippen LogP contribution in [-0.4, -0.2) is 170 Å². The first-order chi connectivity index (χ1) is 16.6. The van der Waals surface area contributed by atoms with Crippen molar-refractivity contribution in [2.75, 3.05) is 26.9 Å². The Labute approximate surface area is 199 Å². The number of ether oxygens (including phenoxy) is 6. The molecule has 0 spiro atoms. The van der Waals surface area contributed by atoms with Gasteiger partial charge in [-0.2, -0.15) is 0 Å². The third kappa shape index (κ3) is 5.78. The maximum absolute atomic E-state index is 10.7. The monoisotopic (exact) mass is 518 g/mol. The van der Waals surface area contributed by atoms with E-state index in [0.29, 0.717) is 0 Å². The van der Waals surface area contributed by atoms with E-state index in [2.05, 4.69) is 0 Å². The average molecular weight is 518 g/mol. The topological polar surface area (TPSA) is 258 Å². The van der Waals surface area contributed by atoms with Crippen molar-refractivity contribution < 1.29 is 79.5 Å². The van der Waals surface area contributed by atoms with Crippen molar-refractivity contribution in [3.8, 4) is 0 Å². The van der Waals surface area contributed by atoms with Crippen molar-refractivity contribution in [2.24, 2.45) is 0 Å². The summed E-state index contributed by atoms with van der Waals surface area (Å²) >= 11 is 0. The molecular formula is C19H34O16. The molecule has 0 bridgehead atoms. The van der Waals surface area contributed by atoms with Crippen LogP contribution in [0.2, 0.25) is 0 Å². The molecule has 0 aromatic heterocycles. The lowest BCUT2D eigenvalue weighted by molar-refractivity contribution is -0.378. The van der Waals surface area contributed by atoms with E-state index < -0.39 is 112 Å². The molecule has 16 heteroatoms. The van der Waals surface area contributed by atoms with Crippen molar-refractivity contribution in [3.05, 3.63) is 0 Å². The molecule has 16 nitrogen and oxygen atoms in total. The Morgan fingerprint density at radius 2 is 0.886 bits per heavy atom. The van der Waals surface area contributed by atoms with Gasteiger partial charge < -0.3 is 79.5 Å². The number of rotatable bonds is 8. The highest BCUT2D eigenvalue weighted by Gasteiger charge is 2.53. The van der Waals surface area contributed by atoms with Crippen LogP contribution in [0.15, 0.2) is 0 Å². The summed E-state index contributed by atoms with van der Waals surface area (Å²) in [5, 5.41) is 100.